The summed E-state index contributed by atoms with van der Waals surface area (Å²) in [5, 5.41) is 8.62. The molecule has 3 rings (SSSR count). The van der Waals surface area contributed by atoms with Crippen LogP contribution >= 0.6 is 0 Å². The minimum absolute atomic E-state index is 0.0370. The average Bonchev–Trinajstić information content (AvgIpc) is 2.82. The van der Waals surface area contributed by atoms with Crippen molar-refractivity contribution in [2.75, 3.05) is 5.73 Å². The first-order valence-corrected chi connectivity index (χ1v) is 5.29. The smallest absolute Gasteiger partial charge is 0.327 e. The molecule has 0 saturated carbocycles. The van der Waals surface area contributed by atoms with Gasteiger partial charge in [0, 0.05) is 7.05 Å². The van der Waals surface area contributed by atoms with Crippen molar-refractivity contribution in [3.63, 3.8) is 0 Å². The molecular formula is C9H11N7O4. The van der Waals surface area contributed by atoms with Crippen LogP contribution in [-0.2, 0) is 7.05 Å². The molecule has 0 spiro atoms. The number of nitrogens with two attached hydrogens (primary N) is 1. The van der Waals surface area contributed by atoms with Crippen molar-refractivity contribution in [1.82, 2.24) is 29.5 Å². The maximum atomic E-state index is 10.9. The number of nitrogen functional groups attached to an aromatic ring is 1. The third-order valence-corrected chi connectivity index (χ3v) is 2.32. The maximum Gasteiger partial charge on any atom is 0.327 e. The van der Waals surface area contributed by atoms with Gasteiger partial charge >= 0.3 is 11.4 Å². The summed E-state index contributed by atoms with van der Waals surface area (Å²) in [5.41, 5.74) is 3.58. The van der Waals surface area contributed by atoms with Gasteiger partial charge in [0.1, 0.15) is 11.2 Å². The molecule has 0 unspecified atom stereocenters. The number of nitrogens with zero attached hydrogens (tertiary/aromatic N) is 2. The van der Waals surface area contributed by atoms with E-state index in [1.54, 1.807) is 7.05 Å². The van der Waals surface area contributed by atoms with E-state index in [1.807, 2.05) is 4.98 Å². The van der Waals surface area contributed by atoms with Crippen molar-refractivity contribution in [2.24, 2.45) is 7.05 Å². The van der Waals surface area contributed by atoms with E-state index >= 15 is 0 Å². The van der Waals surface area contributed by atoms with Gasteiger partial charge in [0.15, 0.2) is 0 Å². The molecule has 0 amide bonds. The van der Waals surface area contributed by atoms with E-state index in [1.165, 1.54) is 10.8 Å². The quantitative estimate of drug-likeness (QED) is 0.275. The Morgan fingerprint density at radius 3 is 2.20 bits per heavy atom. The van der Waals surface area contributed by atoms with Crippen LogP contribution in [0.15, 0.2) is 20.6 Å². The molecule has 3 heterocycles. The normalized spacial score (nSPS) is 10.2. The standard InChI is InChI=1S/C5H4N4O3.C4H7N3O/c10-3-1-2(7-4(11)6-1)8-5(12)9-3;1-7-2-3(8)6-4(7)5/h(H4,6,7,8,9,10,11,12);2,8H,1H3,(H2,5,6). The fourth-order valence-corrected chi connectivity index (χ4v) is 1.42. The monoisotopic (exact) mass is 281 g/mol. The SMILES string of the molecule is Cn1cc(O)nc1N.O=c1[nH]c(=O)c2[nH]c(=O)[nH]c2[nH]1. The number of aromatic amines is 4. The van der Waals surface area contributed by atoms with Gasteiger partial charge in [0.05, 0.1) is 6.20 Å². The summed E-state index contributed by atoms with van der Waals surface area (Å²) in [6, 6.07) is 0. The summed E-state index contributed by atoms with van der Waals surface area (Å²) >= 11 is 0. The van der Waals surface area contributed by atoms with Crippen molar-refractivity contribution >= 4 is 17.1 Å². The number of rotatable bonds is 0. The Hall–Kier alpha value is -3.24. The lowest BCUT2D eigenvalue weighted by atomic mass is 10.5. The van der Waals surface area contributed by atoms with Gasteiger partial charge in [0.25, 0.3) is 5.56 Å². The number of hydrogen-bond donors (Lipinski definition) is 6. The third-order valence-electron chi connectivity index (χ3n) is 2.32. The van der Waals surface area contributed by atoms with Gasteiger partial charge < -0.3 is 15.4 Å². The highest BCUT2D eigenvalue weighted by Crippen LogP contribution is 2.06. The second-order valence-corrected chi connectivity index (χ2v) is 3.81. The van der Waals surface area contributed by atoms with E-state index in [2.05, 4.69) is 19.9 Å². The second kappa shape index (κ2) is 4.79. The van der Waals surface area contributed by atoms with Crippen LogP contribution in [-0.4, -0.2) is 34.6 Å². The fraction of sp³-hybridized carbons (Fsp3) is 0.111. The summed E-state index contributed by atoms with van der Waals surface area (Å²) in [7, 11) is 1.71. The van der Waals surface area contributed by atoms with Crippen molar-refractivity contribution in [1.29, 1.82) is 0 Å². The Balaban J connectivity index is 0.000000160. The van der Waals surface area contributed by atoms with Gasteiger partial charge in [-0.25, -0.2) is 9.59 Å². The van der Waals surface area contributed by atoms with Crippen LogP contribution in [0.2, 0.25) is 0 Å². The maximum absolute atomic E-state index is 10.9. The van der Waals surface area contributed by atoms with E-state index in [0.717, 1.165) is 0 Å². The van der Waals surface area contributed by atoms with Crippen molar-refractivity contribution in [2.45, 2.75) is 0 Å². The van der Waals surface area contributed by atoms with Crippen LogP contribution < -0.4 is 22.7 Å². The molecule has 0 fully saturated rings. The van der Waals surface area contributed by atoms with Crippen LogP contribution in [0.5, 0.6) is 5.88 Å². The van der Waals surface area contributed by atoms with Gasteiger partial charge in [-0.1, -0.05) is 0 Å². The molecule has 0 bridgehead atoms. The van der Waals surface area contributed by atoms with Crippen LogP contribution in [0, 0.1) is 0 Å². The topological polar surface area (TPSA) is 178 Å². The number of aromatic nitrogens is 6. The highest BCUT2D eigenvalue weighted by Gasteiger charge is 2.02. The molecule has 20 heavy (non-hydrogen) atoms. The van der Waals surface area contributed by atoms with Crippen molar-refractivity contribution in [3.8, 4) is 5.88 Å². The molecule has 106 valence electrons. The van der Waals surface area contributed by atoms with E-state index < -0.39 is 16.9 Å². The van der Waals surface area contributed by atoms with Crippen molar-refractivity contribution in [3.05, 3.63) is 37.5 Å². The zero-order valence-corrected chi connectivity index (χ0v) is 10.2. The van der Waals surface area contributed by atoms with Gasteiger partial charge in [-0.3, -0.25) is 24.7 Å². The fourth-order valence-electron chi connectivity index (χ4n) is 1.42. The Morgan fingerprint density at radius 1 is 1.15 bits per heavy atom. The van der Waals surface area contributed by atoms with E-state index in [-0.39, 0.29) is 17.0 Å². The van der Waals surface area contributed by atoms with E-state index in [0.29, 0.717) is 5.95 Å². The molecule has 0 aliphatic rings. The van der Waals surface area contributed by atoms with E-state index in [4.69, 9.17) is 10.8 Å². The van der Waals surface area contributed by atoms with Gasteiger partial charge in [-0.2, -0.15) is 4.98 Å². The summed E-state index contributed by atoms with van der Waals surface area (Å²) in [4.78, 5) is 44.5. The molecule has 0 aliphatic heterocycles. The van der Waals surface area contributed by atoms with Crippen LogP contribution in [0.1, 0.15) is 0 Å². The number of fused-ring (bicyclic) bond motifs is 1. The number of nitrogens with one attached hydrogen (secondary N) is 4. The molecule has 0 aliphatic carbocycles. The summed E-state index contributed by atoms with van der Waals surface area (Å²) in [5.74, 6) is 0.285. The molecule has 0 aromatic carbocycles. The Morgan fingerprint density at radius 2 is 1.75 bits per heavy atom. The molecule has 0 radical (unpaired) electrons. The first-order valence-electron chi connectivity index (χ1n) is 5.29. The van der Waals surface area contributed by atoms with Gasteiger partial charge in [-0.05, 0) is 0 Å². The minimum atomic E-state index is -0.650. The Kier molecular flexibility index (Phi) is 3.16. The largest absolute Gasteiger partial charge is 0.492 e. The minimum Gasteiger partial charge on any atom is -0.492 e. The Labute approximate surface area is 109 Å². The van der Waals surface area contributed by atoms with Crippen LogP contribution in [0.4, 0.5) is 5.95 Å². The number of anilines is 1. The number of hydrogen-bond acceptors (Lipinski definition) is 6. The lowest BCUT2D eigenvalue weighted by molar-refractivity contribution is 0.456. The lowest BCUT2D eigenvalue weighted by Crippen LogP contribution is -2.21. The zero-order valence-electron chi connectivity index (χ0n) is 10.2. The summed E-state index contributed by atoms with van der Waals surface area (Å²) in [6.07, 6.45) is 1.44. The molecule has 7 N–H and O–H groups in total. The average molecular weight is 281 g/mol. The number of imidazole rings is 2. The zero-order chi connectivity index (χ0) is 14.9. The second-order valence-electron chi connectivity index (χ2n) is 3.81. The molecule has 3 aromatic heterocycles. The highest BCUT2D eigenvalue weighted by atomic mass is 16.3. The number of aryl methyl sites for hydroxylation is 1. The number of aromatic hydroxyl groups is 1. The first kappa shape index (κ1) is 13.2. The molecule has 11 nitrogen and oxygen atoms in total. The predicted octanol–water partition coefficient (Wildman–Crippen LogP) is -2.06. The van der Waals surface area contributed by atoms with Crippen LogP contribution in [0.25, 0.3) is 11.2 Å². The van der Waals surface area contributed by atoms with Crippen molar-refractivity contribution < 1.29 is 5.11 Å². The molecule has 0 saturated heterocycles. The highest BCUT2D eigenvalue weighted by molar-refractivity contribution is 5.67. The van der Waals surface area contributed by atoms with Gasteiger partial charge in [-0.15, -0.1) is 0 Å². The lowest BCUT2D eigenvalue weighted by Gasteiger charge is -1.86. The molecular weight excluding hydrogens is 270 g/mol. The molecule has 0 atom stereocenters. The van der Waals surface area contributed by atoms with E-state index in [9.17, 15) is 14.4 Å². The predicted molar refractivity (Wildman–Crippen MR) is 69.4 cm³/mol. The van der Waals surface area contributed by atoms with Gasteiger partial charge in [0.2, 0.25) is 11.8 Å². The summed E-state index contributed by atoms with van der Waals surface area (Å²) in [6.45, 7) is 0. The molecule has 11 heteroatoms. The third kappa shape index (κ3) is 2.60. The Bertz CT molecular complexity index is 889. The molecule has 3 aromatic rings. The summed E-state index contributed by atoms with van der Waals surface area (Å²) < 4.78 is 1.54. The first-order chi connectivity index (χ1) is 9.36. The number of H-pyrrole nitrogens is 4. The van der Waals surface area contributed by atoms with Crippen LogP contribution in [0.3, 0.4) is 0 Å².